The van der Waals surface area contributed by atoms with E-state index in [4.69, 9.17) is 15.9 Å². The van der Waals surface area contributed by atoms with Crippen molar-refractivity contribution in [2.45, 2.75) is 31.9 Å². The maximum atomic E-state index is 7.56. The lowest BCUT2D eigenvalue weighted by atomic mass is 10.0. The van der Waals surface area contributed by atoms with Crippen LogP contribution < -0.4 is 10.6 Å². The van der Waals surface area contributed by atoms with Crippen LogP contribution in [0, 0.1) is 5.41 Å². The Balaban J connectivity index is 2.24. The van der Waals surface area contributed by atoms with Crippen LogP contribution in [0.1, 0.15) is 25.5 Å². The van der Waals surface area contributed by atoms with Crippen molar-refractivity contribution < 1.29 is 4.74 Å². The lowest BCUT2D eigenvalue weighted by molar-refractivity contribution is 0.0719. The second-order valence-corrected chi connectivity index (χ2v) is 4.57. The number of nitrogens with zero attached hydrogens (tertiary/aromatic N) is 3. The van der Waals surface area contributed by atoms with E-state index in [0.29, 0.717) is 23.7 Å². The number of nitrogen functional groups attached to an aromatic ring is 1. The van der Waals surface area contributed by atoms with Crippen molar-refractivity contribution in [1.29, 1.82) is 5.41 Å². The molecule has 0 aromatic carbocycles. The number of methoxy groups -OCH3 is 1. The zero-order valence-corrected chi connectivity index (χ0v) is 10.8. The normalized spacial score (nSPS) is 24.0. The van der Waals surface area contributed by atoms with Crippen LogP contribution in [-0.2, 0) is 4.74 Å². The molecule has 2 unspecified atom stereocenters. The van der Waals surface area contributed by atoms with E-state index in [0.717, 1.165) is 19.4 Å². The van der Waals surface area contributed by atoms with Gasteiger partial charge in [0.05, 0.1) is 6.10 Å². The third-order valence-corrected chi connectivity index (χ3v) is 3.37. The Hall–Kier alpha value is -1.69. The molecule has 2 atom stereocenters. The van der Waals surface area contributed by atoms with Gasteiger partial charge in [0.2, 0.25) is 0 Å². The third kappa shape index (κ3) is 2.43. The van der Waals surface area contributed by atoms with Crippen molar-refractivity contribution in [1.82, 2.24) is 9.97 Å². The van der Waals surface area contributed by atoms with E-state index in [1.165, 1.54) is 0 Å². The molecular weight excluding hydrogens is 230 g/mol. The SMILES string of the molecule is COC1CCN(c2nccnc2C(=N)N)C(C)C1. The van der Waals surface area contributed by atoms with Gasteiger partial charge >= 0.3 is 0 Å². The fourth-order valence-corrected chi connectivity index (χ4v) is 2.39. The van der Waals surface area contributed by atoms with E-state index >= 15 is 0 Å². The molecule has 1 aromatic rings. The monoisotopic (exact) mass is 249 g/mol. The summed E-state index contributed by atoms with van der Waals surface area (Å²) in [6, 6.07) is 0.304. The molecular formula is C12H19N5O. The maximum absolute atomic E-state index is 7.56. The molecule has 2 rings (SSSR count). The van der Waals surface area contributed by atoms with Crippen molar-refractivity contribution in [3.63, 3.8) is 0 Å². The lowest BCUT2D eigenvalue weighted by Gasteiger charge is -2.38. The van der Waals surface area contributed by atoms with Crippen molar-refractivity contribution in [3.05, 3.63) is 18.1 Å². The minimum Gasteiger partial charge on any atom is -0.382 e. The van der Waals surface area contributed by atoms with Gasteiger partial charge in [0.15, 0.2) is 5.82 Å². The molecule has 1 aliphatic rings. The minimum atomic E-state index is -0.0424. The molecule has 0 spiro atoms. The van der Waals surface area contributed by atoms with Crippen molar-refractivity contribution in [2.24, 2.45) is 5.73 Å². The number of nitrogens with two attached hydrogens (primary N) is 1. The summed E-state index contributed by atoms with van der Waals surface area (Å²) in [6.45, 7) is 2.97. The number of rotatable bonds is 3. The molecule has 0 saturated carbocycles. The summed E-state index contributed by atoms with van der Waals surface area (Å²) < 4.78 is 5.39. The fraction of sp³-hybridized carbons (Fsp3) is 0.583. The molecule has 0 amide bonds. The van der Waals surface area contributed by atoms with Crippen molar-refractivity contribution in [2.75, 3.05) is 18.6 Å². The Morgan fingerprint density at radius 2 is 2.22 bits per heavy atom. The molecule has 0 bridgehead atoms. The molecule has 6 heteroatoms. The van der Waals surface area contributed by atoms with Crippen molar-refractivity contribution >= 4 is 11.7 Å². The number of ether oxygens (including phenoxy) is 1. The summed E-state index contributed by atoms with van der Waals surface area (Å²) in [5, 5.41) is 7.56. The molecule has 0 radical (unpaired) electrons. The Morgan fingerprint density at radius 3 is 2.83 bits per heavy atom. The summed E-state index contributed by atoms with van der Waals surface area (Å²) in [5.41, 5.74) is 6.01. The highest BCUT2D eigenvalue weighted by Gasteiger charge is 2.28. The van der Waals surface area contributed by atoms with Crippen molar-refractivity contribution in [3.8, 4) is 0 Å². The van der Waals surface area contributed by atoms with Gasteiger partial charge in [0.1, 0.15) is 11.5 Å². The minimum absolute atomic E-state index is 0.0424. The Bertz CT molecular complexity index is 436. The number of hydrogen-bond acceptors (Lipinski definition) is 5. The van der Waals surface area contributed by atoms with Crippen LogP contribution in [0.3, 0.4) is 0 Å². The predicted molar refractivity (Wildman–Crippen MR) is 69.9 cm³/mol. The van der Waals surface area contributed by atoms with Gasteiger partial charge in [-0.3, -0.25) is 5.41 Å². The Labute approximate surface area is 107 Å². The van der Waals surface area contributed by atoms with E-state index < -0.39 is 0 Å². The van der Waals surface area contributed by atoms with E-state index in [9.17, 15) is 0 Å². The van der Waals surface area contributed by atoms with Gasteiger partial charge < -0.3 is 15.4 Å². The smallest absolute Gasteiger partial charge is 0.158 e. The van der Waals surface area contributed by atoms with Gasteiger partial charge in [-0.25, -0.2) is 9.97 Å². The predicted octanol–water partition coefficient (Wildman–Crippen LogP) is 0.764. The van der Waals surface area contributed by atoms with E-state index in [1.807, 2.05) is 0 Å². The van der Waals surface area contributed by atoms with Crippen LogP contribution >= 0.6 is 0 Å². The third-order valence-electron chi connectivity index (χ3n) is 3.37. The van der Waals surface area contributed by atoms with Gasteiger partial charge in [-0.05, 0) is 19.8 Å². The Kier molecular flexibility index (Phi) is 3.76. The number of anilines is 1. The number of aromatic nitrogens is 2. The quantitative estimate of drug-likeness (QED) is 0.610. The number of hydrogen-bond donors (Lipinski definition) is 2. The summed E-state index contributed by atoms with van der Waals surface area (Å²) in [5.74, 6) is 0.659. The molecule has 1 aromatic heterocycles. The number of amidine groups is 1. The molecule has 0 aliphatic carbocycles. The highest BCUT2D eigenvalue weighted by atomic mass is 16.5. The average Bonchev–Trinajstić information content (AvgIpc) is 2.38. The van der Waals surface area contributed by atoms with Crippen LogP contribution in [0.25, 0.3) is 0 Å². The second-order valence-electron chi connectivity index (χ2n) is 4.57. The number of nitrogens with one attached hydrogen (secondary N) is 1. The molecule has 98 valence electrons. The highest BCUT2D eigenvalue weighted by molar-refractivity contribution is 5.97. The molecule has 18 heavy (non-hydrogen) atoms. The van der Waals surface area contributed by atoms with Crippen LogP contribution in [0.5, 0.6) is 0 Å². The first-order chi connectivity index (χ1) is 8.63. The van der Waals surface area contributed by atoms with E-state index in [-0.39, 0.29) is 5.84 Å². The second kappa shape index (κ2) is 5.30. The van der Waals surface area contributed by atoms with Gasteiger partial charge in [-0.15, -0.1) is 0 Å². The molecule has 1 fully saturated rings. The van der Waals surface area contributed by atoms with Gasteiger partial charge in [-0.2, -0.15) is 0 Å². The largest absolute Gasteiger partial charge is 0.382 e. The maximum Gasteiger partial charge on any atom is 0.158 e. The summed E-state index contributed by atoms with van der Waals surface area (Å²) in [6.07, 6.45) is 5.40. The van der Waals surface area contributed by atoms with Crippen LogP contribution in [-0.4, -0.2) is 41.6 Å². The fourth-order valence-electron chi connectivity index (χ4n) is 2.39. The van der Waals surface area contributed by atoms with E-state index in [2.05, 4.69) is 21.8 Å². The molecule has 2 heterocycles. The summed E-state index contributed by atoms with van der Waals surface area (Å²) in [7, 11) is 1.75. The topological polar surface area (TPSA) is 88.1 Å². The summed E-state index contributed by atoms with van der Waals surface area (Å²) >= 11 is 0. The first-order valence-electron chi connectivity index (χ1n) is 6.08. The summed E-state index contributed by atoms with van der Waals surface area (Å²) in [4.78, 5) is 10.6. The van der Waals surface area contributed by atoms with Gasteiger partial charge in [0, 0.05) is 32.1 Å². The van der Waals surface area contributed by atoms with Crippen LogP contribution in [0.2, 0.25) is 0 Å². The Morgan fingerprint density at radius 1 is 1.50 bits per heavy atom. The standard InChI is InChI=1S/C12H19N5O/c1-8-7-9(18-2)3-6-17(8)12-10(11(13)14)15-4-5-16-12/h4-5,8-9H,3,6-7H2,1-2H3,(H3,13,14). The van der Waals surface area contributed by atoms with Gasteiger partial charge in [0.25, 0.3) is 0 Å². The number of piperidine rings is 1. The zero-order valence-electron chi connectivity index (χ0n) is 10.8. The van der Waals surface area contributed by atoms with Crippen LogP contribution in [0.4, 0.5) is 5.82 Å². The first-order valence-corrected chi connectivity index (χ1v) is 6.08. The van der Waals surface area contributed by atoms with Crippen LogP contribution in [0.15, 0.2) is 12.4 Å². The zero-order chi connectivity index (χ0) is 13.1. The molecule has 6 nitrogen and oxygen atoms in total. The lowest BCUT2D eigenvalue weighted by Crippen LogP contribution is -2.44. The average molecular weight is 249 g/mol. The highest BCUT2D eigenvalue weighted by Crippen LogP contribution is 2.25. The van der Waals surface area contributed by atoms with Gasteiger partial charge in [-0.1, -0.05) is 0 Å². The first kappa shape index (κ1) is 12.8. The molecule has 3 N–H and O–H groups in total. The molecule has 1 saturated heterocycles. The van der Waals surface area contributed by atoms with E-state index in [1.54, 1.807) is 19.5 Å². The molecule has 1 aliphatic heterocycles.